The fourth-order valence-corrected chi connectivity index (χ4v) is 4.55. The lowest BCUT2D eigenvalue weighted by Crippen LogP contribution is -2.34. The van der Waals surface area contributed by atoms with E-state index < -0.39 is 16.0 Å². The highest BCUT2D eigenvalue weighted by Gasteiger charge is 2.25. The Labute approximate surface area is 116 Å². The fraction of sp³-hybridized carbons (Fsp3) is 0.545. The van der Waals surface area contributed by atoms with E-state index in [-0.39, 0.29) is 16.6 Å². The molecule has 1 aromatic rings. The van der Waals surface area contributed by atoms with E-state index in [1.165, 1.54) is 16.8 Å². The van der Waals surface area contributed by atoms with E-state index in [0.717, 1.165) is 17.9 Å². The molecular weight excluding hydrogens is 288 g/mol. The highest BCUT2D eigenvalue weighted by molar-refractivity contribution is 7.99. The van der Waals surface area contributed by atoms with Crippen LogP contribution in [0.2, 0.25) is 0 Å². The predicted molar refractivity (Wildman–Crippen MR) is 73.1 cm³/mol. The zero-order valence-corrected chi connectivity index (χ0v) is 12.1. The van der Waals surface area contributed by atoms with Crippen LogP contribution >= 0.6 is 11.8 Å². The number of thioether (sulfide) groups is 1. The number of aromatic nitrogens is 1. The lowest BCUT2D eigenvalue weighted by atomic mass is 10.3. The molecule has 1 fully saturated rings. The maximum absolute atomic E-state index is 12.2. The van der Waals surface area contributed by atoms with Crippen LogP contribution in [0, 0.1) is 0 Å². The first-order chi connectivity index (χ1) is 8.94. The number of rotatable bonds is 5. The molecule has 0 spiro atoms. The van der Waals surface area contributed by atoms with Gasteiger partial charge in [-0.05, 0) is 25.2 Å². The molecule has 19 heavy (non-hydrogen) atoms. The van der Waals surface area contributed by atoms with Crippen LogP contribution < -0.4 is 4.72 Å². The van der Waals surface area contributed by atoms with E-state index in [0.29, 0.717) is 6.54 Å². The third kappa shape index (κ3) is 3.13. The summed E-state index contributed by atoms with van der Waals surface area (Å²) >= 11 is 1.71. The molecule has 8 heteroatoms. The second-order valence-electron chi connectivity index (χ2n) is 4.33. The molecule has 106 valence electrons. The molecule has 0 saturated carbocycles. The third-order valence-electron chi connectivity index (χ3n) is 2.99. The zero-order valence-electron chi connectivity index (χ0n) is 10.5. The zero-order chi connectivity index (χ0) is 14.0. The number of carboxylic acids is 1. The Balaban J connectivity index is 2.27. The first-order valence-corrected chi connectivity index (χ1v) is 8.61. The second-order valence-corrected chi connectivity index (χ2v) is 7.20. The third-order valence-corrected chi connectivity index (χ3v) is 5.64. The summed E-state index contributed by atoms with van der Waals surface area (Å²) in [6.45, 7) is 2.18. The van der Waals surface area contributed by atoms with Crippen molar-refractivity contribution < 1.29 is 18.3 Å². The van der Waals surface area contributed by atoms with Crippen molar-refractivity contribution in [2.45, 2.75) is 30.8 Å². The monoisotopic (exact) mass is 304 g/mol. The average Bonchev–Trinajstić information content (AvgIpc) is 2.95. The van der Waals surface area contributed by atoms with Crippen molar-refractivity contribution in [2.75, 3.05) is 11.5 Å². The Hall–Kier alpha value is -0.990. The summed E-state index contributed by atoms with van der Waals surface area (Å²) in [6.07, 6.45) is 2.18. The van der Waals surface area contributed by atoms with Crippen molar-refractivity contribution in [3.05, 3.63) is 18.0 Å². The van der Waals surface area contributed by atoms with Crippen LogP contribution in [0.15, 0.2) is 17.2 Å². The summed E-state index contributed by atoms with van der Waals surface area (Å²) in [6, 6.07) is 1.14. The van der Waals surface area contributed by atoms with E-state index >= 15 is 0 Å². The molecule has 0 amide bonds. The molecule has 0 radical (unpaired) electrons. The molecule has 1 aliphatic rings. The largest absolute Gasteiger partial charge is 0.477 e. The number of nitrogens with one attached hydrogen (secondary N) is 1. The minimum atomic E-state index is -3.64. The van der Waals surface area contributed by atoms with Crippen molar-refractivity contribution in [2.24, 2.45) is 0 Å². The topological polar surface area (TPSA) is 88.4 Å². The fourth-order valence-electron chi connectivity index (χ4n) is 1.99. The van der Waals surface area contributed by atoms with Crippen molar-refractivity contribution in [3.63, 3.8) is 0 Å². The molecule has 1 aliphatic heterocycles. The number of nitrogens with zero attached hydrogens (tertiary/aromatic N) is 1. The molecule has 0 bridgehead atoms. The van der Waals surface area contributed by atoms with Gasteiger partial charge < -0.3 is 9.67 Å². The molecule has 2 N–H and O–H groups in total. The molecule has 0 aromatic carbocycles. The van der Waals surface area contributed by atoms with Crippen LogP contribution in [0.5, 0.6) is 0 Å². The van der Waals surface area contributed by atoms with E-state index in [1.54, 1.807) is 18.7 Å². The van der Waals surface area contributed by atoms with Gasteiger partial charge in [-0.3, -0.25) is 0 Å². The first kappa shape index (κ1) is 14.4. The van der Waals surface area contributed by atoms with Gasteiger partial charge in [0.25, 0.3) is 0 Å². The normalized spacial score (nSPS) is 19.7. The summed E-state index contributed by atoms with van der Waals surface area (Å²) in [5.74, 6) is 0.586. The van der Waals surface area contributed by atoms with Crippen LogP contribution in [0.4, 0.5) is 0 Å². The lowest BCUT2D eigenvalue weighted by molar-refractivity contribution is 0.0685. The Morgan fingerprint density at radius 1 is 1.63 bits per heavy atom. The molecule has 1 saturated heterocycles. The minimum Gasteiger partial charge on any atom is -0.477 e. The van der Waals surface area contributed by atoms with E-state index in [4.69, 9.17) is 5.11 Å². The number of hydrogen-bond acceptors (Lipinski definition) is 4. The molecule has 1 aromatic heterocycles. The maximum atomic E-state index is 12.2. The number of carbonyl (C=O) groups is 1. The van der Waals surface area contributed by atoms with Crippen molar-refractivity contribution in [3.8, 4) is 0 Å². The minimum absolute atomic E-state index is 0.0105. The Kier molecular flexibility index (Phi) is 4.22. The smallest absolute Gasteiger partial charge is 0.352 e. The highest BCUT2D eigenvalue weighted by Crippen LogP contribution is 2.21. The van der Waals surface area contributed by atoms with E-state index in [9.17, 15) is 13.2 Å². The van der Waals surface area contributed by atoms with Gasteiger partial charge in [-0.2, -0.15) is 11.8 Å². The average molecular weight is 304 g/mol. The van der Waals surface area contributed by atoms with Gasteiger partial charge in [0, 0.05) is 24.5 Å². The van der Waals surface area contributed by atoms with E-state index in [2.05, 4.69) is 4.72 Å². The van der Waals surface area contributed by atoms with Crippen LogP contribution in [-0.2, 0) is 16.6 Å². The van der Waals surface area contributed by atoms with Crippen molar-refractivity contribution >= 4 is 27.8 Å². The van der Waals surface area contributed by atoms with Crippen LogP contribution in [-0.4, -0.2) is 41.6 Å². The molecule has 2 rings (SSSR count). The van der Waals surface area contributed by atoms with Gasteiger partial charge in [0.15, 0.2) is 0 Å². The molecule has 6 nitrogen and oxygen atoms in total. The molecular formula is C11H16N2O4S2. The number of sulfonamides is 1. The Morgan fingerprint density at radius 2 is 2.37 bits per heavy atom. The van der Waals surface area contributed by atoms with Crippen LogP contribution in [0.25, 0.3) is 0 Å². The van der Waals surface area contributed by atoms with Crippen molar-refractivity contribution in [1.29, 1.82) is 0 Å². The maximum Gasteiger partial charge on any atom is 0.352 e. The number of aryl methyl sites for hydroxylation is 1. The van der Waals surface area contributed by atoms with Gasteiger partial charge in [-0.15, -0.1) is 0 Å². The quantitative estimate of drug-likeness (QED) is 0.847. The summed E-state index contributed by atoms with van der Waals surface area (Å²) in [4.78, 5) is 11.0. The van der Waals surface area contributed by atoms with Gasteiger partial charge in [0.1, 0.15) is 10.6 Å². The van der Waals surface area contributed by atoms with Gasteiger partial charge in [-0.25, -0.2) is 17.9 Å². The molecule has 1 unspecified atom stereocenters. The van der Waals surface area contributed by atoms with Crippen LogP contribution in [0.3, 0.4) is 0 Å². The number of aromatic carboxylic acids is 1. The molecule has 2 heterocycles. The second kappa shape index (κ2) is 5.56. The van der Waals surface area contributed by atoms with Gasteiger partial charge >= 0.3 is 5.97 Å². The summed E-state index contributed by atoms with van der Waals surface area (Å²) in [7, 11) is -3.64. The van der Waals surface area contributed by atoms with E-state index in [1.807, 2.05) is 0 Å². The SMILES string of the molecule is CCn1cc(S(=O)(=O)NC2CCSC2)cc1C(=O)O. The van der Waals surface area contributed by atoms with Crippen molar-refractivity contribution in [1.82, 2.24) is 9.29 Å². The highest BCUT2D eigenvalue weighted by atomic mass is 32.2. The molecule has 1 atom stereocenters. The Morgan fingerprint density at radius 3 is 2.84 bits per heavy atom. The lowest BCUT2D eigenvalue weighted by Gasteiger charge is -2.10. The number of hydrogen-bond donors (Lipinski definition) is 2. The van der Waals surface area contributed by atoms with Gasteiger partial charge in [0.05, 0.1) is 0 Å². The summed E-state index contributed by atoms with van der Waals surface area (Å²) < 4.78 is 28.4. The Bertz CT molecular complexity index is 574. The summed E-state index contributed by atoms with van der Waals surface area (Å²) in [5, 5.41) is 9.02. The van der Waals surface area contributed by atoms with Gasteiger partial charge in [0.2, 0.25) is 10.0 Å². The molecule has 0 aliphatic carbocycles. The number of carboxylic acid groups (broad SMARTS) is 1. The first-order valence-electron chi connectivity index (χ1n) is 5.97. The predicted octanol–water partition coefficient (Wildman–Crippen LogP) is 0.990. The van der Waals surface area contributed by atoms with Gasteiger partial charge in [-0.1, -0.05) is 0 Å². The summed E-state index contributed by atoms with van der Waals surface area (Å²) in [5.41, 5.74) is -0.0105. The standard InChI is InChI=1S/C11H16N2O4S2/c1-2-13-6-9(5-10(13)11(14)15)19(16,17)12-8-3-4-18-7-8/h5-6,8,12H,2-4,7H2,1H3,(H,14,15). The van der Waals surface area contributed by atoms with Crippen LogP contribution in [0.1, 0.15) is 23.8 Å².